The molecule has 0 amide bonds. The van der Waals surface area contributed by atoms with E-state index >= 15 is 0 Å². The first kappa shape index (κ1) is 12.3. The summed E-state index contributed by atoms with van der Waals surface area (Å²) in [6.07, 6.45) is -0.0692. The zero-order chi connectivity index (χ0) is 12.3. The van der Waals surface area contributed by atoms with Gasteiger partial charge in [-0.15, -0.1) is 0 Å². The van der Waals surface area contributed by atoms with Gasteiger partial charge >= 0.3 is 5.97 Å². The first-order valence-electron chi connectivity index (χ1n) is 5.01. The lowest BCUT2D eigenvalue weighted by molar-refractivity contribution is -0.135. The summed E-state index contributed by atoms with van der Waals surface area (Å²) in [6, 6.07) is 3.88. The van der Waals surface area contributed by atoms with Crippen LogP contribution in [0.2, 0.25) is 0 Å². The predicted octanol–water partition coefficient (Wildman–Crippen LogP) is 2.80. The molecule has 3 nitrogen and oxygen atoms in total. The number of rotatable bonds is 4. The van der Waals surface area contributed by atoms with Crippen LogP contribution >= 0.6 is 0 Å². The van der Waals surface area contributed by atoms with Gasteiger partial charge in [-0.05, 0) is 36.6 Å². The summed E-state index contributed by atoms with van der Waals surface area (Å²) in [7, 11) is 1.58. The van der Waals surface area contributed by atoms with Crippen LogP contribution in [0, 0.1) is 13.8 Å². The lowest BCUT2D eigenvalue weighted by atomic mass is 9.96. The van der Waals surface area contributed by atoms with Gasteiger partial charge in [-0.2, -0.15) is 0 Å². The fraction of sp³-hybridized carbons (Fsp3) is 0.308. The zero-order valence-corrected chi connectivity index (χ0v) is 9.83. The van der Waals surface area contributed by atoms with Gasteiger partial charge in [0, 0.05) is 5.56 Å². The number of ether oxygens (including phenoxy) is 1. The Morgan fingerprint density at radius 2 is 2.06 bits per heavy atom. The molecule has 1 N–H and O–H groups in total. The molecule has 0 radical (unpaired) electrons. The van der Waals surface area contributed by atoms with Crippen molar-refractivity contribution in [1.82, 2.24) is 0 Å². The van der Waals surface area contributed by atoms with Crippen molar-refractivity contribution in [2.75, 3.05) is 7.11 Å². The summed E-state index contributed by atoms with van der Waals surface area (Å²) in [5.41, 5.74) is 3.45. The fourth-order valence-corrected chi connectivity index (χ4v) is 1.81. The highest BCUT2D eigenvalue weighted by molar-refractivity contribution is 5.85. The van der Waals surface area contributed by atoms with Crippen LogP contribution in [0.25, 0.3) is 5.57 Å². The second-order valence-corrected chi connectivity index (χ2v) is 3.83. The second kappa shape index (κ2) is 4.84. The van der Waals surface area contributed by atoms with Gasteiger partial charge in [0.25, 0.3) is 0 Å². The molecule has 0 saturated carbocycles. The fourth-order valence-electron chi connectivity index (χ4n) is 1.81. The van der Waals surface area contributed by atoms with Gasteiger partial charge in [0.1, 0.15) is 5.75 Å². The van der Waals surface area contributed by atoms with Crippen molar-refractivity contribution < 1.29 is 14.6 Å². The van der Waals surface area contributed by atoms with E-state index in [4.69, 9.17) is 9.84 Å². The molecule has 0 aliphatic heterocycles. The molecule has 86 valence electrons. The van der Waals surface area contributed by atoms with E-state index in [1.54, 1.807) is 7.11 Å². The van der Waals surface area contributed by atoms with Crippen molar-refractivity contribution in [3.63, 3.8) is 0 Å². The monoisotopic (exact) mass is 220 g/mol. The maximum absolute atomic E-state index is 10.7. The van der Waals surface area contributed by atoms with Crippen molar-refractivity contribution in [3.05, 3.63) is 35.4 Å². The van der Waals surface area contributed by atoms with Gasteiger partial charge < -0.3 is 9.84 Å². The van der Waals surface area contributed by atoms with E-state index in [-0.39, 0.29) is 6.42 Å². The van der Waals surface area contributed by atoms with Gasteiger partial charge in [0.15, 0.2) is 0 Å². The smallest absolute Gasteiger partial charge is 0.307 e. The van der Waals surface area contributed by atoms with Crippen LogP contribution in [0.15, 0.2) is 18.7 Å². The first-order valence-corrected chi connectivity index (χ1v) is 5.01. The number of carbonyl (C=O) groups is 1. The SMILES string of the molecule is C=C(CC(=O)O)c1c(C)cc(C)cc1OC. The molecule has 0 aromatic heterocycles. The number of aliphatic carboxylic acids is 1. The third-order valence-corrected chi connectivity index (χ3v) is 2.38. The molecule has 0 aliphatic carbocycles. The average Bonchev–Trinajstić information content (AvgIpc) is 2.14. The molecule has 0 aliphatic rings. The van der Waals surface area contributed by atoms with Crippen molar-refractivity contribution in [3.8, 4) is 5.75 Å². The lowest BCUT2D eigenvalue weighted by Gasteiger charge is -2.14. The number of carboxylic acid groups (broad SMARTS) is 1. The number of hydrogen-bond donors (Lipinski definition) is 1. The summed E-state index contributed by atoms with van der Waals surface area (Å²) in [4.78, 5) is 10.7. The Kier molecular flexibility index (Phi) is 3.72. The molecular formula is C13H16O3. The minimum atomic E-state index is -0.882. The number of methoxy groups -OCH3 is 1. The molecule has 0 unspecified atom stereocenters. The first-order chi connectivity index (χ1) is 7.45. The molecule has 0 atom stereocenters. The quantitative estimate of drug-likeness (QED) is 0.848. The summed E-state index contributed by atoms with van der Waals surface area (Å²) in [5.74, 6) is -0.198. The number of benzene rings is 1. The average molecular weight is 220 g/mol. The van der Waals surface area contributed by atoms with E-state index < -0.39 is 5.97 Å². The Morgan fingerprint density at radius 1 is 1.44 bits per heavy atom. The van der Waals surface area contributed by atoms with E-state index in [1.807, 2.05) is 26.0 Å². The Hall–Kier alpha value is -1.77. The predicted molar refractivity (Wildman–Crippen MR) is 63.8 cm³/mol. The highest BCUT2D eigenvalue weighted by Gasteiger charge is 2.13. The van der Waals surface area contributed by atoms with E-state index in [0.717, 1.165) is 16.7 Å². The van der Waals surface area contributed by atoms with Gasteiger partial charge in [-0.1, -0.05) is 12.6 Å². The van der Waals surface area contributed by atoms with Crippen LogP contribution in [0.4, 0.5) is 0 Å². The molecule has 0 spiro atoms. The minimum Gasteiger partial charge on any atom is -0.496 e. The van der Waals surface area contributed by atoms with E-state index in [2.05, 4.69) is 6.58 Å². The zero-order valence-electron chi connectivity index (χ0n) is 9.83. The van der Waals surface area contributed by atoms with Crippen LogP contribution in [0.5, 0.6) is 5.75 Å². The van der Waals surface area contributed by atoms with Gasteiger partial charge in [0.05, 0.1) is 13.5 Å². The summed E-state index contributed by atoms with van der Waals surface area (Å²) in [5, 5.41) is 8.75. The number of carboxylic acids is 1. The molecular weight excluding hydrogens is 204 g/mol. The Labute approximate surface area is 95.4 Å². The van der Waals surface area contributed by atoms with Crippen molar-refractivity contribution >= 4 is 11.5 Å². The molecule has 0 saturated heterocycles. The van der Waals surface area contributed by atoms with E-state index in [0.29, 0.717) is 11.3 Å². The molecule has 0 heterocycles. The van der Waals surface area contributed by atoms with E-state index in [9.17, 15) is 4.79 Å². The largest absolute Gasteiger partial charge is 0.496 e. The molecule has 0 fully saturated rings. The second-order valence-electron chi connectivity index (χ2n) is 3.83. The van der Waals surface area contributed by atoms with Crippen LogP contribution in [0.3, 0.4) is 0 Å². The Bertz CT molecular complexity index is 433. The van der Waals surface area contributed by atoms with Gasteiger partial charge in [0.2, 0.25) is 0 Å². The molecule has 0 bridgehead atoms. The summed E-state index contributed by atoms with van der Waals surface area (Å²) >= 11 is 0. The highest BCUT2D eigenvalue weighted by atomic mass is 16.5. The summed E-state index contributed by atoms with van der Waals surface area (Å²) in [6.45, 7) is 7.70. The lowest BCUT2D eigenvalue weighted by Crippen LogP contribution is -2.00. The van der Waals surface area contributed by atoms with E-state index in [1.165, 1.54) is 0 Å². The van der Waals surface area contributed by atoms with Crippen LogP contribution in [-0.2, 0) is 4.79 Å². The van der Waals surface area contributed by atoms with Crippen molar-refractivity contribution in [2.45, 2.75) is 20.3 Å². The van der Waals surface area contributed by atoms with Crippen LogP contribution < -0.4 is 4.74 Å². The topological polar surface area (TPSA) is 46.5 Å². The maximum atomic E-state index is 10.7. The normalized spacial score (nSPS) is 9.94. The molecule has 1 rings (SSSR count). The van der Waals surface area contributed by atoms with Crippen LogP contribution in [-0.4, -0.2) is 18.2 Å². The number of hydrogen-bond acceptors (Lipinski definition) is 2. The standard InChI is InChI=1S/C13H16O3/c1-8-5-9(2)13(11(6-8)16-4)10(3)7-12(14)15/h5-6H,3,7H2,1-2,4H3,(H,14,15). The Balaban J connectivity index is 3.21. The van der Waals surface area contributed by atoms with Gasteiger partial charge in [-0.3, -0.25) is 4.79 Å². The maximum Gasteiger partial charge on any atom is 0.307 e. The summed E-state index contributed by atoms with van der Waals surface area (Å²) < 4.78 is 5.26. The molecule has 16 heavy (non-hydrogen) atoms. The molecule has 1 aromatic carbocycles. The Morgan fingerprint density at radius 3 is 2.56 bits per heavy atom. The third-order valence-electron chi connectivity index (χ3n) is 2.38. The van der Waals surface area contributed by atoms with Crippen molar-refractivity contribution in [2.24, 2.45) is 0 Å². The third kappa shape index (κ3) is 2.63. The van der Waals surface area contributed by atoms with Crippen LogP contribution in [0.1, 0.15) is 23.1 Å². The van der Waals surface area contributed by atoms with Gasteiger partial charge in [-0.25, -0.2) is 0 Å². The molecule has 1 aromatic rings. The highest BCUT2D eigenvalue weighted by Crippen LogP contribution is 2.31. The molecule has 3 heteroatoms. The van der Waals surface area contributed by atoms with Crippen molar-refractivity contribution in [1.29, 1.82) is 0 Å². The minimum absolute atomic E-state index is 0.0692. The number of aryl methyl sites for hydroxylation is 2.